The smallest absolute Gasteiger partial charge is 0.220 e. The SMILES string of the molecule is COc1ccccc1-n1nc(CCC(=O)NCc2cccc(C)c2)cc1-c1cccc(F)c1. The Labute approximate surface area is 192 Å². The normalized spacial score (nSPS) is 10.8. The molecule has 0 bridgehead atoms. The van der Waals surface area contributed by atoms with Gasteiger partial charge in [-0.25, -0.2) is 9.07 Å². The minimum atomic E-state index is -0.322. The average molecular weight is 444 g/mol. The van der Waals surface area contributed by atoms with E-state index in [0.717, 1.165) is 28.2 Å². The second-order valence-electron chi connectivity index (χ2n) is 7.88. The lowest BCUT2D eigenvalue weighted by molar-refractivity contribution is -0.121. The summed E-state index contributed by atoms with van der Waals surface area (Å²) >= 11 is 0. The van der Waals surface area contributed by atoms with Gasteiger partial charge in [0, 0.05) is 24.9 Å². The van der Waals surface area contributed by atoms with Gasteiger partial charge in [0.25, 0.3) is 0 Å². The molecule has 0 aliphatic rings. The number of ether oxygens (including phenoxy) is 1. The molecule has 0 aliphatic carbocycles. The third kappa shape index (κ3) is 5.47. The number of halogens is 1. The van der Waals surface area contributed by atoms with E-state index in [0.29, 0.717) is 30.7 Å². The van der Waals surface area contributed by atoms with Gasteiger partial charge in [-0.05, 0) is 42.8 Å². The Balaban J connectivity index is 1.54. The largest absolute Gasteiger partial charge is 0.494 e. The number of para-hydroxylation sites is 2. The molecule has 0 unspecified atom stereocenters. The molecule has 0 aliphatic heterocycles. The van der Waals surface area contributed by atoms with Crippen LogP contribution in [0.25, 0.3) is 16.9 Å². The molecular weight excluding hydrogens is 417 g/mol. The number of amides is 1. The number of methoxy groups -OCH3 is 1. The van der Waals surface area contributed by atoms with Crippen molar-refractivity contribution in [2.75, 3.05) is 7.11 Å². The molecule has 33 heavy (non-hydrogen) atoms. The van der Waals surface area contributed by atoms with Crippen molar-refractivity contribution in [3.05, 3.63) is 102 Å². The number of hydrogen-bond acceptors (Lipinski definition) is 3. The number of carbonyl (C=O) groups excluding carboxylic acids is 1. The number of nitrogens with zero attached hydrogens (tertiary/aromatic N) is 2. The zero-order valence-electron chi connectivity index (χ0n) is 18.7. The monoisotopic (exact) mass is 443 g/mol. The fourth-order valence-electron chi connectivity index (χ4n) is 3.75. The summed E-state index contributed by atoms with van der Waals surface area (Å²) < 4.78 is 21.2. The first kappa shape index (κ1) is 22.3. The molecule has 4 rings (SSSR count). The molecule has 0 radical (unpaired) electrons. The Morgan fingerprint density at radius 2 is 1.85 bits per heavy atom. The lowest BCUT2D eigenvalue weighted by Gasteiger charge is -2.11. The average Bonchev–Trinajstić information content (AvgIpc) is 3.25. The van der Waals surface area contributed by atoms with E-state index in [1.165, 1.54) is 12.1 Å². The number of rotatable bonds is 8. The quantitative estimate of drug-likeness (QED) is 0.405. The fourth-order valence-corrected chi connectivity index (χ4v) is 3.75. The molecule has 0 atom stereocenters. The van der Waals surface area contributed by atoms with Crippen molar-refractivity contribution < 1.29 is 13.9 Å². The predicted molar refractivity (Wildman–Crippen MR) is 127 cm³/mol. The van der Waals surface area contributed by atoms with E-state index >= 15 is 0 Å². The molecule has 3 aromatic carbocycles. The van der Waals surface area contributed by atoms with E-state index in [-0.39, 0.29) is 11.7 Å². The molecule has 0 saturated heterocycles. The van der Waals surface area contributed by atoms with Gasteiger partial charge in [-0.15, -0.1) is 0 Å². The van der Waals surface area contributed by atoms with Crippen molar-refractivity contribution in [1.82, 2.24) is 15.1 Å². The highest BCUT2D eigenvalue weighted by Gasteiger charge is 2.16. The van der Waals surface area contributed by atoms with Crippen LogP contribution < -0.4 is 10.1 Å². The van der Waals surface area contributed by atoms with Crippen molar-refractivity contribution in [2.45, 2.75) is 26.3 Å². The summed E-state index contributed by atoms with van der Waals surface area (Å²) in [5, 5.41) is 7.69. The maximum absolute atomic E-state index is 13.9. The van der Waals surface area contributed by atoms with Gasteiger partial charge < -0.3 is 10.1 Å². The Morgan fingerprint density at radius 1 is 1.03 bits per heavy atom. The van der Waals surface area contributed by atoms with Gasteiger partial charge >= 0.3 is 0 Å². The maximum Gasteiger partial charge on any atom is 0.220 e. The molecule has 168 valence electrons. The van der Waals surface area contributed by atoms with E-state index in [9.17, 15) is 9.18 Å². The Bertz CT molecular complexity index is 1270. The van der Waals surface area contributed by atoms with E-state index in [2.05, 4.69) is 11.4 Å². The third-order valence-corrected chi connectivity index (χ3v) is 5.37. The summed E-state index contributed by atoms with van der Waals surface area (Å²) in [5.74, 6) is 0.286. The van der Waals surface area contributed by atoms with Crippen molar-refractivity contribution in [3.63, 3.8) is 0 Å². The van der Waals surface area contributed by atoms with Crippen LogP contribution in [0.3, 0.4) is 0 Å². The Hall–Kier alpha value is -3.93. The first-order valence-corrected chi connectivity index (χ1v) is 10.8. The van der Waals surface area contributed by atoms with Gasteiger partial charge in [0.15, 0.2) is 0 Å². The highest BCUT2D eigenvalue weighted by Crippen LogP contribution is 2.29. The maximum atomic E-state index is 13.9. The Kier molecular flexibility index (Phi) is 6.83. The summed E-state index contributed by atoms with van der Waals surface area (Å²) in [4.78, 5) is 12.4. The molecular formula is C27H26FN3O2. The predicted octanol–water partition coefficient (Wildman–Crippen LogP) is 5.24. The molecule has 1 aromatic heterocycles. The Morgan fingerprint density at radius 3 is 2.64 bits per heavy atom. The molecule has 1 heterocycles. The summed E-state index contributed by atoms with van der Waals surface area (Å²) in [6.45, 7) is 2.52. The van der Waals surface area contributed by atoms with Crippen LogP contribution in [0.15, 0.2) is 78.9 Å². The van der Waals surface area contributed by atoms with Gasteiger partial charge in [-0.2, -0.15) is 5.10 Å². The third-order valence-electron chi connectivity index (χ3n) is 5.37. The molecule has 0 saturated carbocycles. The van der Waals surface area contributed by atoms with E-state index in [1.807, 2.05) is 61.5 Å². The lowest BCUT2D eigenvalue weighted by Crippen LogP contribution is -2.23. The summed E-state index contributed by atoms with van der Waals surface area (Å²) in [6, 6.07) is 23.9. The second kappa shape index (κ2) is 10.1. The van der Waals surface area contributed by atoms with Crippen molar-refractivity contribution in [3.8, 4) is 22.7 Å². The molecule has 0 spiro atoms. The molecule has 6 heteroatoms. The molecule has 1 N–H and O–H groups in total. The van der Waals surface area contributed by atoms with Gasteiger partial charge in [0.1, 0.15) is 17.3 Å². The molecule has 1 amide bonds. The standard InChI is InChI=1S/C27H26FN3O2/c1-19-7-5-8-20(15-19)18-29-27(32)14-13-23-17-25(21-9-6-10-22(28)16-21)31(30-23)24-11-3-4-12-26(24)33-2/h3-12,15-17H,13-14,18H2,1-2H3,(H,29,32). The molecule has 0 fully saturated rings. The first-order chi connectivity index (χ1) is 16.0. The molecule has 4 aromatic rings. The highest BCUT2D eigenvalue weighted by molar-refractivity contribution is 5.76. The van der Waals surface area contributed by atoms with Crippen LogP contribution in [0.1, 0.15) is 23.2 Å². The lowest BCUT2D eigenvalue weighted by atomic mass is 10.1. The van der Waals surface area contributed by atoms with Crippen molar-refractivity contribution >= 4 is 5.91 Å². The van der Waals surface area contributed by atoms with Gasteiger partial charge in [0.2, 0.25) is 5.91 Å². The highest BCUT2D eigenvalue weighted by atomic mass is 19.1. The second-order valence-corrected chi connectivity index (χ2v) is 7.88. The minimum Gasteiger partial charge on any atom is -0.494 e. The van der Waals surface area contributed by atoms with Crippen LogP contribution in [0.5, 0.6) is 5.75 Å². The summed E-state index contributed by atoms with van der Waals surface area (Å²) in [7, 11) is 1.60. The number of nitrogens with one attached hydrogen (secondary N) is 1. The molecule has 5 nitrogen and oxygen atoms in total. The van der Waals surface area contributed by atoms with Gasteiger partial charge in [-0.3, -0.25) is 4.79 Å². The number of benzene rings is 3. The fraction of sp³-hybridized carbons (Fsp3) is 0.185. The first-order valence-electron chi connectivity index (χ1n) is 10.8. The van der Waals surface area contributed by atoms with Gasteiger partial charge in [-0.1, -0.05) is 54.1 Å². The van der Waals surface area contributed by atoms with Crippen molar-refractivity contribution in [2.24, 2.45) is 0 Å². The van der Waals surface area contributed by atoms with Crippen LogP contribution in [0.2, 0.25) is 0 Å². The number of aromatic nitrogens is 2. The topological polar surface area (TPSA) is 56.2 Å². The zero-order chi connectivity index (χ0) is 23.2. The van der Waals surface area contributed by atoms with Crippen LogP contribution in [-0.2, 0) is 17.8 Å². The number of carbonyl (C=O) groups is 1. The van der Waals surface area contributed by atoms with Crippen LogP contribution in [0.4, 0.5) is 4.39 Å². The minimum absolute atomic E-state index is 0.0457. The van der Waals surface area contributed by atoms with Gasteiger partial charge in [0.05, 0.1) is 18.5 Å². The van der Waals surface area contributed by atoms with E-state index < -0.39 is 0 Å². The number of hydrogen-bond donors (Lipinski definition) is 1. The van der Waals surface area contributed by atoms with E-state index in [4.69, 9.17) is 9.84 Å². The van der Waals surface area contributed by atoms with Crippen molar-refractivity contribution in [1.29, 1.82) is 0 Å². The summed E-state index contributed by atoms with van der Waals surface area (Å²) in [5.41, 5.74) is 5.14. The zero-order valence-corrected chi connectivity index (χ0v) is 18.7. The van der Waals surface area contributed by atoms with Crippen LogP contribution >= 0.6 is 0 Å². The number of aryl methyl sites for hydroxylation is 2. The summed E-state index contributed by atoms with van der Waals surface area (Å²) in [6.07, 6.45) is 0.765. The van der Waals surface area contributed by atoms with Crippen LogP contribution in [-0.4, -0.2) is 22.8 Å². The van der Waals surface area contributed by atoms with Crippen LogP contribution in [0, 0.1) is 12.7 Å². The van der Waals surface area contributed by atoms with E-state index in [1.54, 1.807) is 17.9 Å².